The van der Waals surface area contributed by atoms with Crippen molar-refractivity contribution >= 4 is 8.58 Å². The minimum absolute atomic E-state index is 0.172. The average Bonchev–Trinajstić information content (AvgIpc) is 3.39. The Morgan fingerprint density at radius 2 is 1.65 bits per heavy atom. The molecule has 6 unspecified atom stereocenters. The number of epoxide rings is 2. The van der Waals surface area contributed by atoms with Gasteiger partial charge in [0.05, 0.1) is 65.6 Å². The Hall–Kier alpha value is 0.150. The monoisotopic (exact) mass is 350 g/mol. The minimum Gasteiger partial charge on any atom is -0.388 e. The zero-order valence-corrected chi connectivity index (χ0v) is 14.4. The quantitative estimate of drug-likeness (QED) is 0.403. The highest BCUT2D eigenvalue weighted by Gasteiger charge is 2.26. The van der Waals surface area contributed by atoms with Crippen molar-refractivity contribution in [3.63, 3.8) is 0 Å². The summed E-state index contributed by atoms with van der Waals surface area (Å²) in [5.74, 6) is 0. The van der Waals surface area contributed by atoms with E-state index in [9.17, 15) is 5.11 Å². The standard InChI is InChI=1S/C15H27O7P/c16-11(1-17-3-12-5-20-12)2-18-8-15-9-19-4-14(10-23-15)22-7-13-6-21-13/h11-16,23H,1-10H2. The van der Waals surface area contributed by atoms with E-state index in [-0.39, 0.29) is 12.2 Å². The molecule has 0 saturated carbocycles. The van der Waals surface area contributed by atoms with Crippen LogP contribution in [0.2, 0.25) is 0 Å². The third-order valence-corrected chi connectivity index (χ3v) is 5.42. The fourth-order valence-corrected chi connectivity index (χ4v) is 3.58. The Labute approximate surface area is 138 Å². The fraction of sp³-hybridized carbons (Fsp3) is 1.00. The first-order chi connectivity index (χ1) is 11.3. The highest BCUT2D eigenvalue weighted by Crippen LogP contribution is 2.26. The van der Waals surface area contributed by atoms with Crippen molar-refractivity contribution in [2.24, 2.45) is 0 Å². The van der Waals surface area contributed by atoms with Gasteiger partial charge in [-0.2, -0.15) is 0 Å². The normalized spacial score (nSPS) is 35.9. The minimum atomic E-state index is -0.585. The molecule has 3 aliphatic heterocycles. The predicted octanol–water partition coefficient (Wildman–Crippen LogP) is -0.359. The summed E-state index contributed by atoms with van der Waals surface area (Å²) in [4.78, 5) is 0. The smallest absolute Gasteiger partial charge is 0.104 e. The van der Waals surface area contributed by atoms with Gasteiger partial charge in [0.25, 0.3) is 0 Å². The summed E-state index contributed by atoms with van der Waals surface area (Å²) in [5.41, 5.74) is 0.383. The van der Waals surface area contributed by atoms with Crippen LogP contribution in [0, 0.1) is 0 Å². The largest absolute Gasteiger partial charge is 0.388 e. The van der Waals surface area contributed by atoms with Crippen molar-refractivity contribution < 1.29 is 33.5 Å². The van der Waals surface area contributed by atoms with Crippen LogP contribution >= 0.6 is 8.58 Å². The Morgan fingerprint density at radius 1 is 0.957 bits per heavy atom. The van der Waals surface area contributed by atoms with E-state index in [4.69, 9.17) is 28.4 Å². The lowest BCUT2D eigenvalue weighted by Gasteiger charge is -2.16. The van der Waals surface area contributed by atoms with E-state index < -0.39 is 6.10 Å². The zero-order valence-electron chi connectivity index (χ0n) is 13.4. The molecule has 3 fully saturated rings. The molecule has 0 aromatic rings. The molecule has 8 heteroatoms. The van der Waals surface area contributed by atoms with Crippen LogP contribution in [0.15, 0.2) is 0 Å². The number of ether oxygens (including phenoxy) is 6. The van der Waals surface area contributed by atoms with Gasteiger partial charge in [0.2, 0.25) is 0 Å². The Morgan fingerprint density at radius 3 is 2.39 bits per heavy atom. The highest BCUT2D eigenvalue weighted by atomic mass is 31.1. The van der Waals surface area contributed by atoms with Gasteiger partial charge in [0, 0.05) is 5.66 Å². The lowest BCUT2D eigenvalue weighted by atomic mass is 10.4. The molecule has 0 aromatic heterocycles. The van der Waals surface area contributed by atoms with Crippen LogP contribution < -0.4 is 0 Å². The molecule has 6 atom stereocenters. The number of rotatable bonds is 11. The molecule has 1 N–H and O–H groups in total. The summed E-state index contributed by atoms with van der Waals surface area (Å²) in [6, 6.07) is 0. The molecule has 3 heterocycles. The molecule has 3 saturated heterocycles. The van der Waals surface area contributed by atoms with Crippen LogP contribution in [0.5, 0.6) is 0 Å². The molecule has 0 aromatic carbocycles. The average molecular weight is 350 g/mol. The van der Waals surface area contributed by atoms with Crippen molar-refractivity contribution in [1.82, 2.24) is 0 Å². The lowest BCUT2D eigenvalue weighted by Crippen LogP contribution is -2.26. The molecule has 0 bridgehead atoms. The van der Waals surface area contributed by atoms with Gasteiger partial charge in [0.1, 0.15) is 18.3 Å². The van der Waals surface area contributed by atoms with Crippen molar-refractivity contribution in [2.45, 2.75) is 30.1 Å². The van der Waals surface area contributed by atoms with Crippen LogP contribution in [-0.2, 0) is 28.4 Å². The van der Waals surface area contributed by atoms with E-state index in [0.717, 1.165) is 28.0 Å². The third-order valence-electron chi connectivity index (χ3n) is 3.82. The van der Waals surface area contributed by atoms with Gasteiger partial charge in [-0.1, -0.05) is 0 Å². The zero-order chi connectivity index (χ0) is 15.9. The second-order valence-corrected chi connectivity index (χ2v) is 7.87. The van der Waals surface area contributed by atoms with Crippen molar-refractivity contribution in [1.29, 1.82) is 0 Å². The van der Waals surface area contributed by atoms with Crippen LogP contribution in [0.1, 0.15) is 0 Å². The van der Waals surface area contributed by atoms with Crippen molar-refractivity contribution in [2.75, 3.05) is 65.6 Å². The molecule has 0 radical (unpaired) electrons. The maximum atomic E-state index is 9.79. The highest BCUT2D eigenvalue weighted by molar-refractivity contribution is 7.39. The number of aliphatic hydroxyl groups excluding tert-OH is 1. The van der Waals surface area contributed by atoms with Gasteiger partial charge in [-0.25, -0.2) is 0 Å². The van der Waals surface area contributed by atoms with Crippen molar-refractivity contribution in [3.05, 3.63) is 0 Å². The second kappa shape index (κ2) is 9.59. The lowest BCUT2D eigenvalue weighted by molar-refractivity contribution is -0.0284. The summed E-state index contributed by atoms with van der Waals surface area (Å²) in [6.45, 7) is 5.38. The Kier molecular flexibility index (Phi) is 7.48. The summed E-state index contributed by atoms with van der Waals surface area (Å²) < 4.78 is 32.6. The molecule has 3 aliphatic rings. The molecular formula is C15H27O7P. The van der Waals surface area contributed by atoms with Gasteiger partial charge in [-0.05, 0) is 6.16 Å². The summed E-state index contributed by atoms with van der Waals surface area (Å²) in [5, 5.41) is 9.79. The molecule has 23 heavy (non-hydrogen) atoms. The van der Waals surface area contributed by atoms with Gasteiger partial charge >= 0.3 is 0 Å². The molecule has 7 nitrogen and oxygen atoms in total. The topological polar surface area (TPSA) is 82.2 Å². The van der Waals surface area contributed by atoms with E-state index in [1.807, 2.05) is 0 Å². The first-order valence-electron chi connectivity index (χ1n) is 8.29. The second-order valence-electron chi connectivity index (χ2n) is 6.24. The fourth-order valence-electron chi connectivity index (χ4n) is 2.27. The molecule has 0 amide bonds. The molecule has 3 rings (SSSR count). The van der Waals surface area contributed by atoms with Gasteiger partial charge < -0.3 is 33.5 Å². The maximum Gasteiger partial charge on any atom is 0.104 e. The van der Waals surface area contributed by atoms with Gasteiger partial charge in [-0.15, -0.1) is 8.58 Å². The van der Waals surface area contributed by atoms with E-state index in [0.29, 0.717) is 58.0 Å². The Balaban J connectivity index is 1.20. The maximum absolute atomic E-state index is 9.79. The summed E-state index contributed by atoms with van der Waals surface area (Å²) >= 11 is 0. The first kappa shape index (κ1) is 18.0. The van der Waals surface area contributed by atoms with E-state index in [1.54, 1.807) is 0 Å². The van der Waals surface area contributed by atoms with Gasteiger partial charge in [0.15, 0.2) is 0 Å². The van der Waals surface area contributed by atoms with E-state index >= 15 is 0 Å². The van der Waals surface area contributed by atoms with Crippen LogP contribution in [0.25, 0.3) is 0 Å². The molecular weight excluding hydrogens is 323 g/mol. The third kappa shape index (κ3) is 7.71. The van der Waals surface area contributed by atoms with Crippen LogP contribution in [-0.4, -0.2) is 101 Å². The van der Waals surface area contributed by atoms with Crippen LogP contribution in [0.4, 0.5) is 0 Å². The predicted molar refractivity (Wildman–Crippen MR) is 84.7 cm³/mol. The summed E-state index contributed by atoms with van der Waals surface area (Å²) in [6.07, 6.45) is 1.13. The SMILES string of the molecule is OC(COCC1CO1)COCC1COCC(OCC2CO2)CP1. The molecule has 134 valence electrons. The van der Waals surface area contributed by atoms with E-state index in [2.05, 4.69) is 0 Å². The molecule has 0 spiro atoms. The summed E-state index contributed by atoms with van der Waals surface area (Å²) in [7, 11) is 0.754. The van der Waals surface area contributed by atoms with Crippen LogP contribution in [0.3, 0.4) is 0 Å². The van der Waals surface area contributed by atoms with Crippen molar-refractivity contribution in [3.8, 4) is 0 Å². The van der Waals surface area contributed by atoms with E-state index in [1.165, 1.54) is 0 Å². The number of hydrogen-bond donors (Lipinski definition) is 1. The number of aliphatic hydroxyl groups is 1. The first-order valence-corrected chi connectivity index (χ1v) is 9.57. The Bertz CT molecular complexity index is 338. The molecule has 0 aliphatic carbocycles. The van der Waals surface area contributed by atoms with Gasteiger partial charge in [-0.3, -0.25) is 0 Å². The number of hydrogen-bond acceptors (Lipinski definition) is 7.